The molecule has 1 saturated heterocycles. The van der Waals surface area contributed by atoms with Crippen LogP contribution in [0.4, 0.5) is 0 Å². The van der Waals surface area contributed by atoms with E-state index in [4.69, 9.17) is 0 Å². The van der Waals surface area contributed by atoms with Crippen LogP contribution in [0.1, 0.15) is 46.5 Å². The van der Waals surface area contributed by atoms with Crippen molar-refractivity contribution in [3.8, 4) is 0 Å². The number of likely N-dealkylation sites (N-methyl/N-ethyl adjacent to an activating group) is 1. The van der Waals surface area contributed by atoms with Crippen LogP contribution in [0.15, 0.2) is 0 Å². The second kappa shape index (κ2) is 5.53. The van der Waals surface area contributed by atoms with Crippen molar-refractivity contribution in [1.29, 1.82) is 0 Å². The largest absolute Gasteiger partial charge is 0.303 e. The molecule has 2 unspecified atom stereocenters. The van der Waals surface area contributed by atoms with E-state index in [1.807, 2.05) is 0 Å². The minimum atomic E-state index is -0.0658. The van der Waals surface area contributed by atoms with Gasteiger partial charge in [0.25, 0.3) is 0 Å². The second-order valence-corrected chi connectivity index (χ2v) is 7.63. The maximum atomic E-state index is 11.7. The van der Waals surface area contributed by atoms with Crippen LogP contribution in [0.3, 0.4) is 0 Å². The molecule has 1 heterocycles. The Balaban J connectivity index is 2.01. The zero-order chi connectivity index (χ0) is 14.1. The Labute approximate surface area is 118 Å². The van der Waals surface area contributed by atoms with Gasteiger partial charge in [-0.05, 0) is 39.7 Å². The van der Waals surface area contributed by atoms with Gasteiger partial charge in [0, 0.05) is 37.1 Å². The summed E-state index contributed by atoms with van der Waals surface area (Å²) in [7, 11) is 2.20. The van der Waals surface area contributed by atoms with Crippen LogP contribution < -0.4 is 0 Å². The second-order valence-electron chi connectivity index (χ2n) is 7.63. The number of piperazine rings is 1. The molecule has 1 aliphatic carbocycles. The molecule has 0 radical (unpaired) electrons. The Morgan fingerprint density at radius 3 is 2.63 bits per heavy atom. The Bertz CT molecular complexity index is 329. The number of nitrogens with zero attached hydrogens (tertiary/aromatic N) is 2. The molecule has 3 heteroatoms. The maximum absolute atomic E-state index is 11.7. The molecule has 19 heavy (non-hydrogen) atoms. The smallest absolute Gasteiger partial charge is 0.127 e. The standard InChI is InChI=1S/C16H30N2O/c1-14-6-5-7-16(10-14,13-19)12-18-9-8-17(4)15(2,3)11-18/h13-14H,5-12H2,1-4H3. The molecule has 1 aliphatic heterocycles. The molecule has 2 rings (SSSR count). The van der Waals surface area contributed by atoms with Crippen molar-refractivity contribution in [2.75, 3.05) is 33.2 Å². The molecule has 0 bridgehead atoms. The molecule has 0 aromatic rings. The number of hydrogen-bond donors (Lipinski definition) is 0. The summed E-state index contributed by atoms with van der Waals surface area (Å²) in [6, 6.07) is 0. The van der Waals surface area contributed by atoms with Crippen LogP contribution in [0.5, 0.6) is 0 Å². The molecule has 0 aromatic heterocycles. The van der Waals surface area contributed by atoms with Crippen molar-refractivity contribution in [2.24, 2.45) is 11.3 Å². The summed E-state index contributed by atoms with van der Waals surface area (Å²) < 4.78 is 0. The summed E-state index contributed by atoms with van der Waals surface area (Å²) >= 11 is 0. The summed E-state index contributed by atoms with van der Waals surface area (Å²) in [6.45, 7) is 11.2. The van der Waals surface area contributed by atoms with Gasteiger partial charge in [-0.2, -0.15) is 0 Å². The quantitative estimate of drug-likeness (QED) is 0.733. The molecular weight excluding hydrogens is 236 g/mol. The van der Waals surface area contributed by atoms with E-state index in [1.165, 1.54) is 19.1 Å². The predicted octanol–water partition coefficient (Wildman–Crippen LogP) is 2.41. The van der Waals surface area contributed by atoms with Gasteiger partial charge < -0.3 is 4.79 Å². The third-order valence-electron chi connectivity index (χ3n) is 5.31. The van der Waals surface area contributed by atoms with E-state index in [-0.39, 0.29) is 11.0 Å². The van der Waals surface area contributed by atoms with Crippen molar-refractivity contribution in [1.82, 2.24) is 9.80 Å². The van der Waals surface area contributed by atoms with Crippen LogP contribution in [0.2, 0.25) is 0 Å². The van der Waals surface area contributed by atoms with E-state index in [1.54, 1.807) is 0 Å². The monoisotopic (exact) mass is 266 g/mol. The van der Waals surface area contributed by atoms with Crippen molar-refractivity contribution in [2.45, 2.75) is 52.0 Å². The molecule has 0 N–H and O–H groups in total. The molecule has 110 valence electrons. The van der Waals surface area contributed by atoms with Gasteiger partial charge in [0.05, 0.1) is 0 Å². The van der Waals surface area contributed by atoms with Crippen molar-refractivity contribution >= 4 is 6.29 Å². The van der Waals surface area contributed by atoms with E-state index in [9.17, 15) is 4.79 Å². The molecule has 0 aromatic carbocycles. The fraction of sp³-hybridized carbons (Fsp3) is 0.938. The lowest BCUT2D eigenvalue weighted by molar-refractivity contribution is -0.121. The maximum Gasteiger partial charge on any atom is 0.127 e. The number of carbonyl (C=O) groups excluding carboxylic acids is 1. The summed E-state index contributed by atoms with van der Waals surface area (Å²) in [6.07, 6.45) is 5.96. The Kier molecular flexibility index (Phi) is 4.36. The highest BCUT2D eigenvalue weighted by molar-refractivity contribution is 5.60. The zero-order valence-corrected chi connectivity index (χ0v) is 13.1. The third kappa shape index (κ3) is 3.38. The molecule has 1 saturated carbocycles. The number of hydrogen-bond acceptors (Lipinski definition) is 3. The van der Waals surface area contributed by atoms with Gasteiger partial charge in [-0.1, -0.05) is 19.8 Å². The van der Waals surface area contributed by atoms with Gasteiger partial charge >= 0.3 is 0 Å². The summed E-state index contributed by atoms with van der Waals surface area (Å²) in [5, 5.41) is 0. The highest BCUT2D eigenvalue weighted by Crippen LogP contribution is 2.39. The van der Waals surface area contributed by atoms with Crippen molar-refractivity contribution in [3.63, 3.8) is 0 Å². The van der Waals surface area contributed by atoms with E-state index >= 15 is 0 Å². The third-order valence-corrected chi connectivity index (χ3v) is 5.31. The summed E-state index contributed by atoms with van der Waals surface area (Å²) in [5.41, 5.74) is 0.159. The first kappa shape index (κ1) is 15.0. The first-order valence-corrected chi connectivity index (χ1v) is 7.77. The lowest BCUT2D eigenvalue weighted by atomic mass is 9.70. The average molecular weight is 266 g/mol. The lowest BCUT2D eigenvalue weighted by Crippen LogP contribution is -2.59. The highest BCUT2D eigenvalue weighted by atomic mass is 16.1. The van der Waals surface area contributed by atoms with Gasteiger partial charge in [0.2, 0.25) is 0 Å². The van der Waals surface area contributed by atoms with Gasteiger partial charge in [-0.3, -0.25) is 9.80 Å². The first-order chi connectivity index (χ1) is 8.87. The fourth-order valence-corrected chi connectivity index (χ4v) is 3.91. The number of carbonyl (C=O) groups is 1. The minimum absolute atomic E-state index is 0.0658. The van der Waals surface area contributed by atoms with Gasteiger partial charge in [-0.15, -0.1) is 0 Å². The minimum Gasteiger partial charge on any atom is -0.303 e. The van der Waals surface area contributed by atoms with E-state index in [2.05, 4.69) is 37.6 Å². The number of aldehydes is 1. The predicted molar refractivity (Wildman–Crippen MR) is 79.3 cm³/mol. The fourth-order valence-electron chi connectivity index (χ4n) is 3.91. The Hall–Kier alpha value is -0.410. The van der Waals surface area contributed by atoms with Crippen LogP contribution in [-0.4, -0.2) is 54.9 Å². The molecule has 2 aliphatic rings. The van der Waals surface area contributed by atoms with Crippen molar-refractivity contribution in [3.05, 3.63) is 0 Å². The zero-order valence-electron chi connectivity index (χ0n) is 13.1. The van der Waals surface area contributed by atoms with Crippen molar-refractivity contribution < 1.29 is 4.79 Å². The van der Waals surface area contributed by atoms with Crippen LogP contribution in [-0.2, 0) is 4.79 Å². The van der Waals surface area contributed by atoms with E-state index < -0.39 is 0 Å². The highest BCUT2D eigenvalue weighted by Gasteiger charge is 2.39. The first-order valence-electron chi connectivity index (χ1n) is 7.77. The molecule has 2 fully saturated rings. The summed E-state index contributed by atoms with van der Waals surface area (Å²) in [4.78, 5) is 16.6. The Morgan fingerprint density at radius 1 is 1.32 bits per heavy atom. The van der Waals surface area contributed by atoms with E-state index in [0.29, 0.717) is 5.92 Å². The molecular formula is C16H30N2O. The average Bonchev–Trinajstić information content (AvgIpc) is 2.33. The van der Waals surface area contributed by atoms with E-state index in [0.717, 1.165) is 39.0 Å². The summed E-state index contributed by atoms with van der Waals surface area (Å²) in [5.74, 6) is 0.708. The topological polar surface area (TPSA) is 23.6 Å². The van der Waals surface area contributed by atoms with Crippen LogP contribution in [0, 0.1) is 11.3 Å². The molecule has 2 atom stereocenters. The molecule has 3 nitrogen and oxygen atoms in total. The number of rotatable bonds is 3. The van der Waals surface area contributed by atoms with Gasteiger partial charge in [-0.25, -0.2) is 0 Å². The normalized spacial score (nSPS) is 37.2. The molecule has 0 amide bonds. The SMILES string of the molecule is CC1CCCC(C=O)(CN2CCN(C)C(C)(C)C2)C1. The van der Waals surface area contributed by atoms with Gasteiger partial charge in [0.15, 0.2) is 0 Å². The Morgan fingerprint density at radius 2 is 2.05 bits per heavy atom. The van der Waals surface area contributed by atoms with Gasteiger partial charge in [0.1, 0.15) is 6.29 Å². The lowest BCUT2D eigenvalue weighted by Gasteiger charge is -2.48. The molecule has 0 spiro atoms. The van der Waals surface area contributed by atoms with Crippen LogP contribution in [0.25, 0.3) is 0 Å². The van der Waals surface area contributed by atoms with Crippen LogP contribution >= 0.6 is 0 Å².